The number of benzene rings is 2. The third kappa shape index (κ3) is 3.94. The number of ether oxygens (including phenoxy) is 1. The molecule has 0 unspecified atom stereocenters. The van der Waals surface area contributed by atoms with Crippen LogP contribution in [0.2, 0.25) is 0 Å². The third-order valence-electron chi connectivity index (χ3n) is 3.28. The highest BCUT2D eigenvalue weighted by Crippen LogP contribution is 2.27. The van der Waals surface area contributed by atoms with Crippen LogP contribution >= 0.6 is 15.9 Å². The van der Waals surface area contributed by atoms with Crippen LogP contribution in [0, 0.1) is 0 Å². The highest BCUT2D eigenvalue weighted by molar-refractivity contribution is 9.10. The van der Waals surface area contributed by atoms with Gasteiger partial charge in [0.1, 0.15) is 5.75 Å². The number of ketones is 1. The highest BCUT2D eigenvalue weighted by atomic mass is 79.9. The molecule has 0 heterocycles. The number of carbonyl (C=O) groups is 1. The smallest absolute Gasteiger partial charge is 0.193 e. The van der Waals surface area contributed by atoms with Gasteiger partial charge in [0.05, 0.1) is 11.1 Å². The van der Waals surface area contributed by atoms with Crippen LogP contribution in [-0.2, 0) is 6.42 Å². The Balaban J connectivity index is 2.20. The topological polar surface area (TPSA) is 26.3 Å². The second-order valence-electron chi connectivity index (χ2n) is 4.87. The number of carbonyl (C=O) groups excluding carboxylic acids is 1. The first-order valence-electron chi connectivity index (χ1n) is 7.21. The Bertz CT molecular complexity index is 618. The van der Waals surface area contributed by atoms with Crippen LogP contribution in [0.4, 0.5) is 0 Å². The van der Waals surface area contributed by atoms with E-state index in [1.807, 2.05) is 42.5 Å². The van der Waals surface area contributed by atoms with Crippen LogP contribution in [0.3, 0.4) is 0 Å². The molecule has 3 heteroatoms. The lowest BCUT2D eigenvalue weighted by molar-refractivity contribution is 0.103. The Morgan fingerprint density at radius 2 is 1.71 bits per heavy atom. The fourth-order valence-electron chi connectivity index (χ4n) is 2.03. The average Bonchev–Trinajstić information content (AvgIpc) is 2.53. The summed E-state index contributed by atoms with van der Waals surface area (Å²) in [5.41, 5.74) is 2.60. The van der Waals surface area contributed by atoms with Crippen LogP contribution in [0.25, 0.3) is 0 Å². The zero-order chi connectivity index (χ0) is 15.2. The maximum absolute atomic E-state index is 12.5. The molecule has 110 valence electrons. The molecule has 0 spiro atoms. The van der Waals surface area contributed by atoms with Gasteiger partial charge >= 0.3 is 0 Å². The van der Waals surface area contributed by atoms with E-state index in [2.05, 4.69) is 29.8 Å². The summed E-state index contributed by atoms with van der Waals surface area (Å²) in [6.45, 7) is 4.83. The monoisotopic (exact) mass is 346 g/mol. The van der Waals surface area contributed by atoms with Crippen molar-refractivity contribution in [1.29, 1.82) is 0 Å². The molecule has 0 aliphatic carbocycles. The molecule has 2 rings (SSSR count). The minimum Gasteiger partial charge on any atom is -0.492 e. The lowest BCUT2D eigenvalue weighted by atomic mass is 10.0. The van der Waals surface area contributed by atoms with Gasteiger partial charge in [-0.2, -0.15) is 0 Å². The molecule has 0 aliphatic heterocycles. The summed E-state index contributed by atoms with van der Waals surface area (Å²) in [5, 5.41) is 0. The first kappa shape index (κ1) is 15.8. The van der Waals surface area contributed by atoms with Crippen molar-refractivity contribution in [2.75, 3.05) is 6.61 Å². The molecule has 0 fully saturated rings. The van der Waals surface area contributed by atoms with Gasteiger partial charge in [0, 0.05) is 11.1 Å². The van der Waals surface area contributed by atoms with Crippen LogP contribution in [0.5, 0.6) is 5.75 Å². The number of aryl methyl sites for hydroxylation is 1. The Hall–Kier alpha value is -1.61. The standard InChI is InChI=1S/C18H19BrO2/c1-3-11-21-17-10-9-15(12-16(17)19)18(20)14-7-5-13(4-2)6-8-14/h5-10,12H,3-4,11H2,1-2H3. The lowest BCUT2D eigenvalue weighted by Crippen LogP contribution is -2.02. The Labute approximate surface area is 134 Å². The van der Waals surface area contributed by atoms with Gasteiger partial charge in [-0.3, -0.25) is 4.79 Å². The molecular weight excluding hydrogens is 328 g/mol. The summed E-state index contributed by atoms with van der Waals surface area (Å²) >= 11 is 3.46. The zero-order valence-electron chi connectivity index (χ0n) is 12.4. The van der Waals surface area contributed by atoms with E-state index in [4.69, 9.17) is 4.74 Å². The van der Waals surface area contributed by atoms with E-state index >= 15 is 0 Å². The van der Waals surface area contributed by atoms with Crippen molar-refractivity contribution in [2.24, 2.45) is 0 Å². The molecule has 0 bridgehead atoms. The minimum absolute atomic E-state index is 0.0281. The highest BCUT2D eigenvalue weighted by Gasteiger charge is 2.11. The summed E-state index contributed by atoms with van der Waals surface area (Å²) in [5.74, 6) is 0.801. The summed E-state index contributed by atoms with van der Waals surface area (Å²) in [4.78, 5) is 12.5. The van der Waals surface area contributed by atoms with Gasteiger partial charge in [-0.1, -0.05) is 38.1 Å². The molecule has 0 radical (unpaired) electrons. The van der Waals surface area contributed by atoms with Crippen molar-refractivity contribution < 1.29 is 9.53 Å². The van der Waals surface area contributed by atoms with E-state index in [1.165, 1.54) is 5.56 Å². The first-order valence-corrected chi connectivity index (χ1v) is 8.01. The van der Waals surface area contributed by atoms with Gasteiger partial charge in [0.25, 0.3) is 0 Å². The summed E-state index contributed by atoms with van der Waals surface area (Å²) in [7, 11) is 0. The number of hydrogen-bond donors (Lipinski definition) is 0. The molecule has 2 nitrogen and oxygen atoms in total. The second-order valence-corrected chi connectivity index (χ2v) is 5.73. The fraction of sp³-hybridized carbons (Fsp3) is 0.278. The van der Waals surface area contributed by atoms with Crippen molar-refractivity contribution in [1.82, 2.24) is 0 Å². The Morgan fingerprint density at radius 3 is 2.29 bits per heavy atom. The molecule has 2 aromatic carbocycles. The average molecular weight is 347 g/mol. The predicted octanol–water partition coefficient (Wildman–Crippen LogP) is 5.03. The van der Waals surface area contributed by atoms with Crippen LogP contribution in [-0.4, -0.2) is 12.4 Å². The number of halogens is 1. The molecule has 0 saturated heterocycles. The number of rotatable bonds is 6. The van der Waals surface area contributed by atoms with Gasteiger partial charge in [0.2, 0.25) is 0 Å². The Kier molecular flexibility index (Phi) is 5.57. The maximum Gasteiger partial charge on any atom is 0.193 e. The van der Waals surface area contributed by atoms with Gasteiger partial charge in [-0.05, 0) is 52.5 Å². The molecule has 0 aromatic heterocycles. The maximum atomic E-state index is 12.5. The van der Waals surface area contributed by atoms with E-state index in [9.17, 15) is 4.79 Å². The SMILES string of the molecule is CCCOc1ccc(C(=O)c2ccc(CC)cc2)cc1Br. The van der Waals surface area contributed by atoms with Gasteiger partial charge < -0.3 is 4.74 Å². The molecule has 0 aliphatic rings. The fourth-order valence-corrected chi connectivity index (χ4v) is 2.52. The molecule has 21 heavy (non-hydrogen) atoms. The normalized spacial score (nSPS) is 10.4. The molecule has 0 amide bonds. The quantitative estimate of drug-likeness (QED) is 0.685. The predicted molar refractivity (Wildman–Crippen MR) is 89.2 cm³/mol. The lowest BCUT2D eigenvalue weighted by Gasteiger charge is -2.09. The molecule has 0 saturated carbocycles. The summed E-state index contributed by atoms with van der Waals surface area (Å²) in [6.07, 6.45) is 1.93. The zero-order valence-corrected chi connectivity index (χ0v) is 13.9. The Morgan fingerprint density at radius 1 is 1.05 bits per heavy atom. The van der Waals surface area contributed by atoms with E-state index in [1.54, 1.807) is 0 Å². The van der Waals surface area contributed by atoms with Crippen LogP contribution in [0.15, 0.2) is 46.9 Å². The van der Waals surface area contributed by atoms with E-state index in [0.29, 0.717) is 17.7 Å². The first-order chi connectivity index (χ1) is 10.2. The summed E-state index contributed by atoms with van der Waals surface area (Å²) in [6, 6.07) is 13.2. The van der Waals surface area contributed by atoms with E-state index < -0.39 is 0 Å². The van der Waals surface area contributed by atoms with Gasteiger partial charge in [-0.15, -0.1) is 0 Å². The van der Waals surface area contributed by atoms with Crippen molar-refractivity contribution in [2.45, 2.75) is 26.7 Å². The van der Waals surface area contributed by atoms with Crippen LogP contribution < -0.4 is 4.74 Å². The van der Waals surface area contributed by atoms with Gasteiger partial charge in [-0.25, -0.2) is 0 Å². The molecule has 0 atom stereocenters. The molecule has 0 N–H and O–H groups in total. The number of hydrogen-bond acceptors (Lipinski definition) is 2. The van der Waals surface area contributed by atoms with Crippen LogP contribution in [0.1, 0.15) is 41.8 Å². The van der Waals surface area contributed by atoms with Crippen molar-refractivity contribution in [3.05, 3.63) is 63.6 Å². The largest absolute Gasteiger partial charge is 0.492 e. The van der Waals surface area contributed by atoms with Crippen molar-refractivity contribution in [3.8, 4) is 5.75 Å². The van der Waals surface area contributed by atoms with Crippen molar-refractivity contribution in [3.63, 3.8) is 0 Å². The second kappa shape index (κ2) is 7.41. The molecular formula is C18H19BrO2. The minimum atomic E-state index is 0.0281. The van der Waals surface area contributed by atoms with Crippen molar-refractivity contribution >= 4 is 21.7 Å². The third-order valence-corrected chi connectivity index (χ3v) is 3.90. The van der Waals surface area contributed by atoms with E-state index in [0.717, 1.165) is 23.1 Å². The molecule has 2 aromatic rings. The van der Waals surface area contributed by atoms with E-state index in [-0.39, 0.29) is 5.78 Å². The van der Waals surface area contributed by atoms with Gasteiger partial charge in [0.15, 0.2) is 5.78 Å². The summed E-state index contributed by atoms with van der Waals surface area (Å²) < 4.78 is 6.41.